The van der Waals surface area contributed by atoms with E-state index in [2.05, 4.69) is 25.6 Å². The van der Waals surface area contributed by atoms with Crippen molar-refractivity contribution in [1.82, 2.24) is 15.0 Å². The average molecular weight is 494 g/mol. The van der Waals surface area contributed by atoms with Crippen LogP contribution in [0.1, 0.15) is 26.3 Å². The van der Waals surface area contributed by atoms with E-state index in [0.29, 0.717) is 5.13 Å². The van der Waals surface area contributed by atoms with E-state index >= 15 is 0 Å². The molecule has 0 aliphatic carbocycles. The SMILES string of the molecule is COC(=O)c1cc(Nc2ncnc(Nc3nc4ccc(C)cc4s3)c2[N+](=O)[O-])cc(C(=O)OC)c1. The average Bonchev–Trinajstić information content (AvgIpc) is 3.23. The molecule has 0 saturated heterocycles. The molecule has 0 atom stereocenters. The summed E-state index contributed by atoms with van der Waals surface area (Å²) in [7, 11) is 2.38. The maximum absolute atomic E-state index is 12.1. The molecule has 0 radical (unpaired) electrons. The molecule has 0 aliphatic heterocycles. The Balaban J connectivity index is 1.73. The Morgan fingerprint density at radius 1 is 0.971 bits per heavy atom. The summed E-state index contributed by atoms with van der Waals surface area (Å²) in [4.78, 5) is 47.9. The minimum atomic E-state index is -0.704. The third-order valence-corrected chi connectivity index (χ3v) is 5.75. The number of hydrogen-bond donors (Lipinski definition) is 2. The van der Waals surface area contributed by atoms with Gasteiger partial charge in [-0.2, -0.15) is 0 Å². The maximum atomic E-state index is 12.1. The molecular weight excluding hydrogens is 476 g/mol. The summed E-state index contributed by atoms with van der Waals surface area (Å²) in [5.41, 5.74) is 1.61. The van der Waals surface area contributed by atoms with Crippen molar-refractivity contribution in [2.75, 3.05) is 24.9 Å². The van der Waals surface area contributed by atoms with Gasteiger partial charge in [0.15, 0.2) is 5.13 Å². The number of carbonyl (C=O) groups is 2. The number of carbonyl (C=O) groups excluding carboxylic acids is 2. The molecule has 4 rings (SSSR count). The summed E-state index contributed by atoms with van der Waals surface area (Å²) < 4.78 is 10.4. The van der Waals surface area contributed by atoms with Gasteiger partial charge in [-0.1, -0.05) is 17.4 Å². The van der Waals surface area contributed by atoms with Crippen LogP contribution in [0.5, 0.6) is 0 Å². The first kappa shape index (κ1) is 23.5. The molecule has 178 valence electrons. The molecule has 0 fully saturated rings. The standard InChI is InChI=1S/C22H18N6O6S/c1-11-4-5-15-16(6-11)35-22(26-15)27-19-17(28(31)32)18(23-10-24-19)25-14-8-12(20(29)33-2)7-13(9-14)21(30)34-3/h4-10H,1-3H3,(H2,23,24,25,26,27). The highest BCUT2D eigenvalue weighted by molar-refractivity contribution is 7.22. The smallest absolute Gasteiger partial charge is 0.353 e. The van der Waals surface area contributed by atoms with E-state index in [4.69, 9.17) is 9.47 Å². The van der Waals surface area contributed by atoms with Crippen LogP contribution in [-0.2, 0) is 9.47 Å². The third-order valence-electron chi connectivity index (χ3n) is 4.81. The lowest BCUT2D eigenvalue weighted by Crippen LogP contribution is -2.09. The molecule has 0 amide bonds. The molecule has 13 heteroatoms. The molecule has 0 aliphatic rings. The van der Waals surface area contributed by atoms with Crippen LogP contribution in [0.25, 0.3) is 10.2 Å². The first-order valence-corrected chi connectivity index (χ1v) is 10.8. The topological polar surface area (TPSA) is 158 Å². The van der Waals surface area contributed by atoms with Gasteiger partial charge in [0.05, 0.1) is 40.5 Å². The van der Waals surface area contributed by atoms with E-state index < -0.39 is 22.5 Å². The summed E-state index contributed by atoms with van der Waals surface area (Å²) >= 11 is 1.32. The minimum absolute atomic E-state index is 0.0396. The quantitative estimate of drug-likeness (QED) is 0.213. The number of rotatable bonds is 7. The Kier molecular flexibility index (Phi) is 6.51. The predicted octanol–water partition coefficient (Wildman–Crippen LogP) is 4.36. The predicted molar refractivity (Wildman–Crippen MR) is 129 cm³/mol. The van der Waals surface area contributed by atoms with Crippen LogP contribution in [0.3, 0.4) is 0 Å². The fraction of sp³-hybridized carbons (Fsp3) is 0.136. The first-order chi connectivity index (χ1) is 16.8. The number of ether oxygens (including phenoxy) is 2. The maximum Gasteiger partial charge on any atom is 0.353 e. The molecule has 2 aromatic heterocycles. The number of thiazole rings is 1. The number of aromatic nitrogens is 3. The molecule has 4 aromatic rings. The lowest BCUT2D eigenvalue weighted by atomic mass is 10.1. The second-order valence-corrected chi connectivity index (χ2v) is 8.23. The van der Waals surface area contributed by atoms with Gasteiger partial charge in [-0.3, -0.25) is 10.1 Å². The van der Waals surface area contributed by atoms with Crippen LogP contribution < -0.4 is 10.6 Å². The lowest BCUT2D eigenvalue weighted by Gasteiger charge is -2.11. The van der Waals surface area contributed by atoms with Gasteiger partial charge >= 0.3 is 17.6 Å². The Hall–Kier alpha value is -4.65. The highest BCUT2D eigenvalue weighted by Gasteiger charge is 2.25. The molecule has 0 unspecified atom stereocenters. The number of nitrogens with one attached hydrogen (secondary N) is 2. The van der Waals surface area contributed by atoms with Crippen LogP contribution >= 0.6 is 11.3 Å². The zero-order valence-corrected chi connectivity index (χ0v) is 19.5. The minimum Gasteiger partial charge on any atom is -0.465 e. The van der Waals surface area contributed by atoms with Crippen molar-refractivity contribution in [2.24, 2.45) is 0 Å². The van der Waals surface area contributed by atoms with Crippen molar-refractivity contribution in [3.63, 3.8) is 0 Å². The second-order valence-electron chi connectivity index (χ2n) is 7.20. The van der Waals surface area contributed by atoms with Gasteiger partial charge in [0.2, 0.25) is 11.6 Å². The number of benzene rings is 2. The Bertz CT molecular complexity index is 1440. The Labute approximate surface area is 202 Å². The van der Waals surface area contributed by atoms with Crippen molar-refractivity contribution in [1.29, 1.82) is 0 Å². The molecule has 2 aromatic carbocycles. The van der Waals surface area contributed by atoms with E-state index in [9.17, 15) is 19.7 Å². The van der Waals surface area contributed by atoms with E-state index in [1.807, 2.05) is 25.1 Å². The van der Waals surface area contributed by atoms with Crippen molar-refractivity contribution in [2.45, 2.75) is 6.92 Å². The monoisotopic (exact) mass is 494 g/mol. The number of hydrogen-bond acceptors (Lipinski definition) is 12. The number of nitro groups is 1. The molecule has 0 bridgehead atoms. The third kappa shape index (κ3) is 4.99. The largest absolute Gasteiger partial charge is 0.465 e. The lowest BCUT2D eigenvalue weighted by molar-refractivity contribution is -0.383. The van der Waals surface area contributed by atoms with Gasteiger partial charge < -0.3 is 20.1 Å². The van der Waals surface area contributed by atoms with Crippen LogP contribution in [0.2, 0.25) is 0 Å². The summed E-state index contributed by atoms with van der Waals surface area (Å²) in [6.07, 6.45) is 1.14. The van der Waals surface area contributed by atoms with Gasteiger partial charge in [0.1, 0.15) is 6.33 Å². The van der Waals surface area contributed by atoms with Gasteiger partial charge in [-0.25, -0.2) is 24.5 Å². The van der Waals surface area contributed by atoms with Crippen LogP contribution in [0.15, 0.2) is 42.7 Å². The number of anilines is 4. The second kappa shape index (κ2) is 9.69. The number of fused-ring (bicyclic) bond motifs is 1. The zero-order valence-electron chi connectivity index (χ0n) is 18.7. The summed E-state index contributed by atoms with van der Waals surface area (Å²) in [5.74, 6) is -1.66. The van der Waals surface area contributed by atoms with Gasteiger partial charge in [-0.15, -0.1) is 0 Å². The summed E-state index contributed by atoms with van der Waals surface area (Å²) in [5, 5.41) is 18.1. The summed E-state index contributed by atoms with van der Waals surface area (Å²) in [6.45, 7) is 1.96. The molecule has 2 heterocycles. The molecule has 2 N–H and O–H groups in total. The fourth-order valence-electron chi connectivity index (χ4n) is 3.23. The van der Waals surface area contributed by atoms with Crippen molar-refractivity contribution in [3.8, 4) is 0 Å². The van der Waals surface area contributed by atoms with Gasteiger partial charge in [-0.05, 0) is 42.8 Å². The van der Waals surface area contributed by atoms with Crippen molar-refractivity contribution in [3.05, 3.63) is 69.5 Å². The molecule has 12 nitrogen and oxygen atoms in total. The normalized spacial score (nSPS) is 10.6. The Morgan fingerprint density at radius 3 is 2.20 bits per heavy atom. The van der Waals surface area contributed by atoms with Gasteiger partial charge in [0.25, 0.3) is 0 Å². The number of nitrogens with zero attached hydrogens (tertiary/aromatic N) is 4. The van der Waals surface area contributed by atoms with Crippen molar-refractivity contribution < 1.29 is 24.0 Å². The zero-order chi connectivity index (χ0) is 25.1. The Morgan fingerprint density at radius 2 is 1.60 bits per heavy atom. The van der Waals surface area contributed by atoms with E-state index in [-0.39, 0.29) is 28.5 Å². The first-order valence-electron chi connectivity index (χ1n) is 10.0. The highest BCUT2D eigenvalue weighted by Crippen LogP contribution is 2.35. The van der Waals surface area contributed by atoms with Crippen LogP contribution in [0, 0.1) is 17.0 Å². The highest BCUT2D eigenvalue weighted by atomic mass is 32.1. The number of methoxy groups -OCH3 is 2. The molecule has 35 heavy (non-hydrogen) atoms. The molecule has 0 saturated carbocycles. The molecule has 0 spiro atoms. The van der Waals surface area contributed by atoms with Gasteiger partial charge in [0, 0.05) is 5.69 Å². The molecular formula is C22H18N6O6S. The van der Waals surface area contributed by atoms with E-state index in [1.165, 1.54) is 43.8 Å². The number of esters is 2. The van der Waals surface area contributed by atoms with Crippen LogP contribution in [-0.4, -0.2) is 46.0 Å². The fourth-order valence-corrected chi connectivity index (χ4v) is 4.19. The van der Waals surface area contributed by atoms with E-state index in [0.717, 1.165) is 22.1 Å². The van der Waals surface area contributed by atoms with Crippen LogP contribution in [0.4, 0.5) is 28.1 Å². The number of aryl methyl sites for hydroxylation is 1. The van der Waals surface area contributed by atoms with E-state index in [1.54, 1.807) is 0 Å². The summed E-state index contributed by atoms with van der Waals surface area (Å²) in [6, 6.07) is 9.78. The van der Waals surface area contributed by atoms with Crippen molar-refractivity contribution >= 4 is 61.6 Å².